The smallest absolute Gasteiger partial charge is 0.252 e. The Morgan fingerprint density at radius 2 is 0.840 bits per heavy atom. The van der Waals surface area contributed by atoms with Crippen LogP contribution in [-0.4, -0.2) is 85.2 Å². The van der Waals surface area contributed by atoms with Crippen molar-refractivity contribution >= 4 is 229 Å². The number of para-hydroxylation sites is 1. The average molecular weight is 1040 g/mol. The van der Waals surface area contributed by atoms with Crippen molar-refractivity contribution in [1.82, 2.24) is 0 Å². The molecule has 0 radical (unpaired) electrons. The fourth-order valence-electron chi connectivity index (χ4n) is 13.4. The van der Waals surface area contributed by atoms with E-state index in [0.717, 1.165) is 50.1 Å². The lowest BCUT2D eigenvalue weighted by Gasteiger charge is -2.46. The SMILES string of the molecule is Bc1c(B)c(B)c(N(c2ccc3c(c2)N(c2ccc(-c4ccc5c(c4)oc4ccccc45)cc2)c2cc(C(C)(C)C)cc4c2B3c2cc(C(C)(C)C)ccc2N4c2ccc(C(C)(C)C)cc2)c2c(B)c(B)c(B)c(B)c2B)c(B)c1B. The van der Waals surface area contributed by atoms with Gasteiger partial charge in [-0.25, -0.2) is 0 Å². The van der Waals surface area contributed by atoms with Crippen LogP contribution in [0.15, 0.2) is 144 Å². The van der Waals surface area contributed by atoms with E-state index >= 15 is 0 Å². The molecule has 0 aliphatic carbocycles. The minimum Gasteiger partial charge on any atom is -0.456 e. The maximum atomic E-state index is 6.44. The molecule has 3 heterocycles. The second-order valence-corrected chi connectivity index (χ2v) is 27.0. The van der Waals surface area contributed by atoms with Crippen LogP contribution >= 0.6 is 0 Å². The molecule has 0 amide bonds. The van der Waals surface area contributed by atoms with E-state index in [-0.39, 0.29) is 23.0 Å². The Morgan fingerprint density at radius 3 is 1.38 bits per heavy atom. The maximum Gasteiger partial charge on any atom is 0.252 e. The van der Waals surface area contributed by atoms with E-state index in [0.29, 0.717) is 0 Å². The van der Waals surface area contributed by atoms with E-state index in [1.807, 2.05) is 6.07 Å². The molecule has 0 N–H and O–H groups in total. The molecule has 12 rings (SSSR count). The first-order valence-corrected chi connectivity index (χ1v) is 29.4. The van der Waals surface area contributed by atoms with Crippen molar-refractivity contribution in [3.05, 3.63) is 156 Å². The van der Waals surface area contributed by atoms with Gasteiger partial charge in [-0.3, -0.25) is 0 Å². The molecule has 9 aromatic carbocycles. The summed E-state index contributed by atoms with van der Waals surface area (Å²) in [4.78, 5) is 7.84. The number of furan rings is 1. The Kier molecular flexibility index (Phi) is 12.9. The van der Waals surface area contributed by atoms with Crippen molar-refractivity contribution in [2.75, 3.05) is 14.7 Å². The molecule has 2 aliphatic heterocycles. The molecule has 0 atom stereocenters. The highest BCUT2D eigenvalue weighted by atomic mass is 16.3. The molecule has 0 saturated carbocycles. The summed E-state index contributed by atoms with van der Waals surface area (Å²) in [5.74, 6) is 0. The molecule has 81 heavy (non-hydrogen) atoms. The first-order chi connectivity index (χ1) is 38.2. The fourth-order valence-corrected chi connectivity index (χ4v) is 13.4. The fraction of sp³-hybridized carbons (Fsp3) is 0.182. The Morgan fingerprint density at radius 1 is 0.370 bits per heavy atom. The van der Waals surface area contributed by atoms with Crippen molar-refractivity contribution in [3.8, 4) is 11.1 Å². The Bertz CT molecular complexity index is 4140. The normalized spacial score (nSPS) is 13.2. The molecular weight excluding hydrogens is 970 g/mol. The summed E-state index contributed by atoms with van der Waals surface area (Å²) >= 11 is 0. The Hall–Kier alpha value is -7.11. The average Bonchev–Trinajstić information content (AvgIpc) is 3.80. The third-order valence-corrected chi connectivity index (χ3v) is 19.2. The van der Waals surface area contributed by atoms with Gasteiger partial charge in [0.1, 0.15) is 89.6 Å². The van der Waals surface area contributed by atoms with Crippen molar-refractivity contribution in [2.45, 2.75) is 78.6 Å². The van der Waals surface area contributed by atoms with Gasteiger partial charge in [0, 0.05) is 62.0 Å². The number of anilines is 9. The zero-order valence-electron chi connectivity index (χ0n) is 51.6. The van der Waals surface area contributed by atoms with Crippen molar-refractivity contribution in [2.24, 2.45) is 0 Å². The van der Waals surface area contributed by atoms with Crippen LogP contribution < -0.4 is 85.7 Å². The van der Waals surface area contributed by atoms with Crippen LogP contribution in [-0.2, 0) is 16.2 Å². The van der Waals surface area contributed by atoms with E-state index in [9.17, 15) is 0 Å². The zero-order valence-corrected chi connectivity index (χ0v) is 51.6. The summed E-state index contributed by atoms with van der Waals surface area (Å²) in [6, 6.07) is 53.6. The molecular formula is C66H70B11N3O. The lowest BCUT2D eigenvalue weighted by Crippen LogP contribution is -2.61. The van der Waals surface area contributed by atoms with Crippen molar-refractivity contribution < 1.29 is 4.42 Å². The number of hydrogen-bond acceptors (Lipinski definition) is 4. The summed E-state index contributed by atoms with van der Waals surface area (Å²) < 4.78 is 6.44. The van der Waals surface area contributed by atoms with E-state index in [2.05, 4.69) is 289 Å². The van der Waals surface area contributed by atoms with E-state index in [1.54, 1.807) is 0 Å². The van der Waals surface area contributed by atoms with Crippen molar-refractivity contribution in [3.63, 3.8) is 0 Å². The maximum absolute atomic E-state index is 6.44. The van der Waals surface area contributed by atoms with Gasteiger partial charge in [0.05, 0.1) is 0 Å². The number of nitrogens with zero attached hydrogens (tertiary/aromatic N) is 3. The predicted molar refractivity (Wildman–Crippen MR) is 386 cm³/mol. The van der Waals surface area contributed by atoms with Crippen LogP contribution in [0.1, 0.15) is 79.0 Å². The molecule has 0 unspecified atom stereocenters. The third kappa shape index (κ3) is 8.73. The molecule has 0 fully saturated rings. The molecule has 4 nitrogen and oxygen atoms in total. The molecule has 2 aliphatic rings. The number of benzene rings is 9. The van der Waals surface area contributed by atoms with Crippen LogP contribution in [0.3, 0.4) is 0 Å². The van der Waals surface area contributed by atoms with Crippen LogP contribution in [0.2, 0.25) is 0 Å². The van der Waals surface area contributed by atoms with Crippen LogP contribution in [0, 0.1) is 0 Å². The first-order valence-electron chi connectivity index (χ1n) is 29.4. The van der Waals surface area contributed by atoms with Crippen molar-refractivity contribution in [1.29, 1.82) is 0 Å². The van der Waals surface area contributed by atoms with E-state index in [4.69, 9.17) is 4.42 Å². The molecule has 1 aromatic heterocycles. The topological polar surface area (TPSA) is 22.9 Å². The van der Waals surface area contributed by atoms with E-state index < -0.39 is 0 Å². The molecule has 388 valence electrons. The van der Waals surface area contributed by atoms with Gasteiger partial charge in [-0.05, 0) is 133 Å². The Labute approximate surface area is 491 Å². The standard InChI is InChI=1S/C66H70B11N3O/c1-64(2,3)35-17-22-39(23-18-35)78-45-27-19-36(65(4,5)6)29-44(45)77-43-26-24-40(80(62-57(73)53(69)51(67)54(70)58(62)74)63-59(75)55(71)52(68)56(72)60(63)76)32-46(43)79(48-31-37(66(7,8)9)30-47(78)61(48)77)38-20-14-33(15-21-38)34-16-25-42-41-12-10-11-13-49(41)81-50(42)28-34/h10-32H,67-76H2,1-9H3. The molecule has 0 spiro atoms. The first kappa shape index (κ1) is 54.5. The second-order valence-electron chi connectivity index (χ2n) is 27.0. The van der Waals surface area contributed by atoms with Gasteiger partial charge in [-0.15, -0.1) is 10.9 Å². The van der Waals surface area contributed by atoms with Gasteiger partial charge in [0.25, 0.3) is 6.71 Å². The number of fused-ring (bicyclic) bond motifs is 7. The highest BCUT2D eigenvalue weighted by Gasteiger charge is 2.45. The van der Waals surface area contributed by atoms with Gasteiger partial charge in [-0.1, -0.05) is 173 Å². The van der Waals surface area contributed by atoms with Gasteiger partial charge < -0.3 is 19.1 Å². The van der Waals surface area contributed by atoms with Gasteiger partial charge in [-0.2, -0.15) is 0 Å². The number of rotatable bonds is 6. The highest BCUT2D eigenvalue weighted by molar-refractivity contribution is 7.00. The van der Waals surface area contributed by atoms with Crippen LogP contribution in [0.5, 0.6) is 0 Å². The lowest BCUT2D eigenvalue weighted by atomic mass is 9.33. The summed E-state index contributed by atoms with van der Waals surface area (Å²) in [5, 5.41) is 2.28. The van der Waals surface area contributed by atoms with Gasteiger partial charge in [0.2, 0.25) is 0 Å². The van der Waals surface area contributed by atoms with E-state index in [1.165, 1.54) is 122 Å². The zero-order chi connectivity index (χ0) is 57.7. The molecule has 0 bridgehead atoms. The third-order valence-electron chi connectivity index (χ3n) is 19.2. The lowest BCUT2D eigenvalue weighted by molar-refractivity contribution is 0.589. The minimum absolute atomic E-state index is 0.0216. The monoisotopic (exact) mass is 1040 g/mol. The predicted octanol–water partition coefficient (Wildman–Crippen LogP) is -0.718. The minimum atomic E-state index is -0.171. The summed E-state index contributed by atoms with van der Waals surface area (Å²) in [6.45, 7) is 21.0. The second kappa shape index (κ2) is 19.3. The quantitative estimate of drug-likeness (QED) is 0.206. The Balaban J connectivity index is 1.17. The summed E-state index contributed by atoms with van der Waals surface area (Å²) in [5.41, 5.74) is 35.9. The molecule has 10 aromatic rings. The molecule has 15 heteroatoms. The number of hydrogen-bond donors (Lipinski definition) is 0. The molecule has 0 saturated heterocycles. The summed E-state index contributed by atoms with van der Waals surface area (Å²) in [6.07, 6.45) is 0. The van der Waals surface area contributed by atoms with Crippen LogP contribution in [0.4, 0.5) is 51.2 Å². The van der Waals surface area contributed by atoms with Gasteiger partial charge >= 0.3 is 0 Å². The summed E-state index contributed by atoms with van der Waals surface area (Å²) in [7, 11) is 23.2. The highest BCUT2D eigenvalue weighted by Crippen LogP contribution is 2.48. The largest absolute Gasteiger partial charge is 0.456 e. The van der Waals surface area contributed by atoms with Crippen LogP contribution in [0.25, 0.3) is 33.1 Å². The van der Waals surface area contributed by atoms with Gasteiger partial charge in [0.15, 0.2) is 0 Å².